The summed E-state index contributed by atoms with van der Waals surface area (Å²) in [5.41, 5.74) is 0. The summed E-state index contributed by atoms with van der Waals surface area (Å²) in [7, 11) is 0. The largest absolute Gasteiger partial charge is 0.475 e. The van der Waals surface area contributed by atoms with Crippen LogP contribution >= 0.6 is 15.9 Å². The summed E-state index contributed by atoms with van der Waals surface area (Å²) in [6.07, 6.45) is 5.95. The van der Waals surface area contributed by atoms with E-state index >= 15 is 0 Å². The molecule has 15 heavy (non-hydrogen) atoms. The monoisotopic (exact) mass is 268 g/mol. The molecule has 0 saturated carbocycles. The third kappa shape index (κ3) is 1.86. The van der Waals surface area contributed by atoms with E-state index in [1.54, 1.807) is 0 Å². The minimum atomic E-state index is -1.12. The number of carbonyl (C=O) groups is 1. The molecule has 76 valence electrons. The third-order valence-electron chi connectivity index (χ3n) is 1.65. The van der Waals surface area contributed by atoms with Gasteiger partial charge < -0.3 is 5.11 Å². The van der Waals surface area contributed by atoms with Gasteiger partial charge in [0.2, 0.25) is 11.8 Å². The van der Waals surface area contributed by atoms with Crippen LogP contribution < -0.4 is 0 Å². The summed E-state index contributed by atoms with van der Waals surface area (Å²) in [5, 5.41) is 8.82. The zero-order valence-electron chi connectivity index (χ0n) is 7.33. The predicted octanol–water partition coefficient (Wildman–Crippen LogP) is 1.12. The van der Waals surface area contributed by atoms with Gasteiger partial charge in [0.15, 0.2) is 0 Å². The molecule has 0 aliphatic rings. The standard InChI is InChI=1S/C8H5BrN4O2/c9-5-3-11-8(12-4-5)13-2-1-10-6(13)7(14)15/h1-4H,(H,14,15). The van der Waals surface area contributed by atoms with Crippen molar-refractivity contribution in [2.24, 2.45) is 0 Å². The van der Waals surface area contributed by atoms with Gasteiger partial charge in [-0.3, -0.25) is 4.57 Å². The van der Waals surface area contributed by atoms with E-state index in [1.807, 2.05) is 0 Å². The second kappa shape index (κ2) is 3.77. The molecule has 6 nitrogen and oxygen atoms in total. The Bertz CT molecular complexity index is 494. The zero-order chi connectivity index (χ0) is 10.8. The van der Waals surface area contributed by atoms with Crippen molar-refractivity contribution in [2.45, 2.75) is 0 Å². The predicted molar refractivity (Wildman–Crippen MR) is 53.8 cm³/mol. The average molecular weight is 269 g/mol. The van der Waals surface area contributed by atoms with Crippen LogP contribution in [0.1, 0.15) is 10.6 Å². The van der Waals surface area contributed by atoms with Crippen LogP contribution in [0, 0.1) is 0 Å². The van der Waals surface area contributed by atoms with E-state index in [2.05, 4.69) is 30.9 Å². The molecule has 0 unspecified atom stereocenters. The van der Waals surface area contributed by atoms with Crippen LogP contribution in [0.4, 0.5) is 0 Å². The number of nitrogens with zero attached hydrogens (tertiary/aromatic N) is 4. The van der Waals surface area contributed by atoms with E-state index in [1.165, 1.54) is 29.4 Å². The number of hydrogen-bond acceptors (Lipinski definition) is 4. The molecule has 0 aliphatic heterocycles. The maximum absolute atomic E-state index is 10.8. The molecule has 0 spiro atoms. The van der Waals surface area contributed by atoms with E-state index < -0.39 is 5.97 Å². The Morgan fingerprint density at radius 2 is 2.00 bits per heavy atom. The maximum Gasteiger partial charge on any atom is 0.372 e. The molecule has 0 aliphatic carbocycles. The molecule has 0 bridgehead atoms. The van der Waals surface area contributed by atoms with E-state index in [4.69, 9.17) is 5.11 Å². The highest BCUT2D eigenvalue weighted by atomic mass is 79.9. The molecular formula is C8H5BrN4O2. The molecule has 2 rings (SSSR count). The fraction of sp³-hybridized carbons (Fsp3) is 0. The number of aromatic carboxylic acids is 1. The van der Waals surface area contributed by atoms with Gasteiger partial charge >= 0.3 is 5.97 Å². The Labute approximate surface area is 92.8 Å². The molecule has 0 atom stereocenters. The van der Waals surface area contributed by atoms with Gasteiger partial charge in [0.1, 0.15) is 0 Å². The molecular weight excluding hydrogens is 264 g/mol. The van der Waals surface area contributed by atoms with Crippen molar-refractivity contribution in [1.29, 1.82) is 0 Å². The van der Waals surface area contributed by atoms with Gasteiger partial charge in [-0.2, -0.15) is 0 Å². The third-order valence-corrected chi connectivity index (χ3v) is 2.06. The van der Waals surface area contributed by atoms with Crippen LogP contribution in [-0.4, -0.2) is 30.6 Å². The van der Waals surface area contributed by atoms with Crippen LogP contribution in [0.25, 0.3) is 5.95 Å². The molecule has 2 aromatic heterocycles. The number of hydrogen-bond donors (Lipinski definition) is 1. The Morgan fingerprint density at radius 3 is 2.60 bits per heavy atom. The van der Waals surface area contributed by atoms with Crippen molar-refractivity contribution in [3.63, 3.8) is 0 Å². The van der Waals surface area contributed by atoms with E-state index in [-0.39, 0.29) is 11.8 Å². The van der Waals surface area contributed by atoms with Gasteiger partial charge in [0.05, 0.1) is 4.47 Å². The lowest BCUT2D eigenvalue weighted by atomic mass is 10.6. The Balaban J connectivity index is 2.49. The summed E-state index contributed by atoms with van der Waals surface area (Å²) in [4.78, 5) is 22.4. The number of halogens is 1. The van der Waals surface area contributed by atoms with Crippen LogP contribution in [0.5, 0.6) is 0 Å². The molecule has 0 radical (unpaired) electrons. The van der Waals surface area contributed by atoms with Crippen molar-refractivity contribution in [3.8, 4) is 5.95 Å². The second-order valence-corrected chi connectivity index (χ2v) is 3.54. The van der Waals surface area contributed by atoms with Crippen molar-refractivity contribution in [1.82, 2.24) is 19.5 Å². The number of imidazole rings is 1. The molecule has 0 amide bonds. The summed E-state index contributed by atoms with van der Waals surface area (Å²) < 4.78 is 2.03. The highest BCUT2D eigenvalue weighted by Crippen LogP contribution is 2.09. The quantitative estimate of drug-likeness (QED) is 0.883. The lowest BCUT2D eigenvalue weighted by Gasteiger charge is -2.01. The summed E-state index contributed by atoms with van der Waals surface area (Å²) in [6.45, 7) is 0. The Hall–Kier alpha value is -1.76. The van der Waals surface area contributed by atoms with Gasteiger partial charge in [0, 0.05) is 24.8 Å². The van der Waals surface area contributed by atoms with Crippen molar-refractivity contribution < 1.29 is 9.90 Å². The first-order valence-electron chi connectivity index (χ1n) is 3.93. The highest BCUT2D eigenvalue weighted by molar-refractivity contribution is 9.10. The highest BCUT2D eigenvalue weighted by Gasteiger charge is 2.13. The molecule has 0 saturated heterocycles. The molecule has 7 heteroatoms. The van der Waals surface area contributed by atoms with Crippen LogP contribution in [-0.2, 0) is 0 Å². The maximum atomic E-state index is 10.8. The molecule has 2 aromatic rings. The smallest absolute Gasteiger partial charge is 0.372 e. The SMILES string of the molecule is O=C(O)c1nccn1-c1ncc(Br)cn1. The van der Waals surface area contributed by atoms with Gasteiger partial charge in [-0.1, -0.05) is 0 Å². The van der Waals surface area contributed by atoms with Gasteiger partial charge in [-0.05, 0) is 15.9 Å². The second-order valence-electron chi connectivity index (χ2n) is 2.63. The van der Waals surface area contributed by atoms with Crippen molar-refractivity contribution >= 4 is 21.9 Å². The van der Waals surface area contributed by atoms with Crippen LogP contribution in [0.3, 0.4) is 0 Å². The first-order chi connectivity index (χ1) is 7.18. The van der Waals surface area contributed by atoms with Crippen LogP contribution in [0.2, 0.25) is 0 Å². The van der Waals surface area contributed by atoms with E-state index in [9.17, 15) is 4.79 Å². The number of aromatic nitrogens is 4. The van der Waals surface area contributed by atoms with Crippen LogP contribution in [0.15, 0.2) is 29.3 Å². The zero-order valence-corrected chi connectivity index (χ0v) is 8.92. The van der Waals surface area contributed by atoms with Gasteiger partial charge in [-0.15, -0.1) is 0 Å². The minimum Gasteiger partial charge on any atom is -0.475 e. The molecule has 0 aromatic carbocycles. The molecule has 2 heterocycles. The lowest BCUT2D eigenvalue weighted by molar-refractivity contribution is 0.0681. The minimum absolute atomic E-state index is 0.114. The van der Waals surface area contributed by atoms with Gasteiger partial charge in [0.25, 0.3) is 0 Å². The summed E-state index contributed by atoms with van der Waals surface area (Å²) >= 11 is 3.19. The van der Waals surface area contributed by atoms with E-state index in [0.29, 0.717) is 0 Å². The van der Waals surface area contributed by atoms with Crippen molar-refractivity contribution in [2.75, 3.05) is 0 Å². The Morgan fingerprint density at radius 1 is 1.33 bits per heavy atom. The van der Waals surface area contributed by atoms with E-state index in [0.717, 1.165) is 4.47 Å². The number of carboxylic acids is 1. The van der Waals surface area contributed by atoms with Crippen molar-refractivity contribution in [3.05, 3.63) is 35.1 Å². The number of rotatable bonds is 2. The first kappa shape index (κ1) is 9.78. The normalized spacial score (nSPS) is 10.2. The number of carboxylic acid groups (broad SMARTS) is 1. The van der Waals surface area contributed by atoms with Gasteiger partial charge in [-0.25, -0.2) is 19.7 Å². The lowest BCUT2D eigenvalue weighted by Crippen LogP contribution is -2.09. The summed E-state index contributed by atoms with van der Waals surface area (Å²) in [6, 6.07) is 0. The summed E-state index contributed by atoms with van der Waals surface area (Å²) in [5.74, 6) is -0.961. The molecule has 0 fully saturated rings. The fourth-order valence-corrected chi connectivity index (χ4v) is 1.26. The fourth-order valence-electron chi connectivity index (χ4n) is 1.05. The Kier molecular flexibility index (Phi) is 2.46. The average Bonchev–Trinajstić information content (AvgIpc) is 2.67. The first-order valence-corrected chi connectivity index (χ1v) is 4.72. The molecule has 1 N–H and O–H groups in total. The topological polar surface area (TPSA) is 80.9 Å².